The molecule has 1 amide bonds. The predicted molar refractivity (Wildman–Crippen MR) is 97.8 cm³/mol. The fourth-order valence-electron chi connectivity index (χ4n) is 3.16. The van der Waals surface area contributed by atoms with Gasteiger partial charge >= 0.3 is 5.51 Å². The summed E-state index contributed by atoms with van der Waals surface area (Å²) in [6.07, 6.45) is 1.17. The number of rotatable bonds is 4. The summed E-state index contributed by atoms with van der Waals surface area (Å²) in [6.45, 7) is 0.919. The van der Waals surface area contributed by atoms with Gasteiger partial charge < -0.3 is 4.90 Å². The zero-order valence-electron chi connectivity index (χ0n) is 14.4. The first-order valence-electron chi connectivity index (χ1n) is 8.58. The van der Waals surface area contributed by atoms with Crippen LogP contribution in [-0.2, 0) is 0 Å². The molecule has 0 N–H and O–H groups in total. The summed E-state index contributed by atoms with van der Waals surface area (Å²) in [5, 5.41) is 0. The molecule has 2 aromatic carbocycles. The molecule has 0 unspecified atom stereocenters. The highest BCUT2D eigenvalue weighted by Crippen LogP contribution is 2.36. The first-order valence-corrected chi connectivity index (χ1v) is 9.39. The Bertz CT molecular complexity index is 798. The lowest BCUT2D eigenvalue weighted by molar-refractivity contribution is -0.0328. The number of thioether (sulfide) groups is 1. The van der Waals surface area contributed by atoms with Gasteiger partial charge in [0.2, 0.25) is 0 Å². The summed E-state index contributed by atoms with van der Waals surface area (Å²) in [4.78, 5) is 26.8. The Hall–Kier alpha value is -2.28. The molecule has 0 aromatic heterocycles. The third-order valence-corrected chi connectivity index (χ3v) is 5.29. The van der Waals surface area contributed by atoms with Crippen LogP contribution >= 0.6 is 11.8 Å². The lowest BCUT2D eigenvalue weighted by Gasteiger charge is -2.31. The van der Waals surface area contributed by atoms with Crippen LogP contribution in [0.3, 0.4) is 0 Å². The maximum Gasteiger partial charge on any atom is 0.446 e. The number of carbonyl (C=O) groups is 2. The Morgan fingerprint density at radius 3 is 2.04 bits per heavy atom. The number of hydrogen-bond acceptors (Lipinski definition) is 3. The monoisotopic (exact) mass is 393 g/mol. The Balaban J connectivity index is 1.57. The van der Waals surface area contributed by atoms with Crippen molar-refractivity contribution >= 4 is 23.5 Å². The van der Waals surface area contributed by atoms with Gasteiger partial charge in [0.1, 0.15) is 0 Å². The van der Waals surface area contributed by atoms with Gasteiger partial charge in [-0.25, -0.2) is 0 Å². The average molecular weight is 393 g/mol. The van der Waals surface area contributed by atoms with Crippen molar-refractivity contribution in [2.45, 2.75) is 23.2 Å². The topological polar surface area (TPSA) is 37.4 Å². The van der Waals surface area contributed by atoms with Crippen LogP contribution in [0.2, 0.25) is 0 Å². The van der Waals surface area contributed by atoms with Crippen LogP contribution in [0.15, 0.2) is 59.5 Å². The highest BCUT2D eigenvalue weighted by molar-refractivity contribution is 8.00. The van der Waals surface area contributed by atoms with E-state index in [4.69, 9.17) is 0 Å². The summed E-state index contributed by atoms with van der Waals surface area (Å²) in [7, 11) is 0. The van der Waals surface area contributed by atoms with Crippen LogP contribution in [0.25, 0.3) is 0 Å². The number of amides is 1. The minimum Gasteiger partial charge on any atom is -0.339 e. The van der Waals surface area contributed by atoms with Crippen LogP contribution < -0.4 is 0 Å². The molecule has 3 nitrogen and oxygen atoms in total. The van der Waals surface area contributed by atoms with Gasteiger partial charge in [0.25, 0.3) is 5.91 Å². The van der Waals surface area contributed by atoms with Crippen LogP contribution in [0.1, 0.15) is 33.6 Å². The van der Waals surface area contributed by atoms with Gasteiger partial charge in [-0.05, 0) is 48.9 Å². The second-order valence-corrected chi connectivity index (χ2v) is 7.51. The molecule has 0 atom stereocenters. The first kappa shape index (κ1) is 19.5. The second-order valence-electron chi connectivity index (χ2n) is 6.37. The van der Waals surface area contributed by atoms with Crippen molar-refractivity contribution in [3.8, 4) is 0 Å². The van der Waals surface area contributed by atoms with E-state index in [0.717, 1.165) is 0 Å². The van der Waals surface area contributed by atoms with E-state index in [2.05, 4.69) is 0 Å². The Morgan fingerprint density at radius 1 is 0.889 bits per heavy atom. The zero-order valence-corrected chi connectivity index (χ0v) is 15.2. The number of nitrogens with zero attached hydrogens (tertiary/aromatic N) is 1. The van der Waals surface area contributed by atoms with Crippen molar-refractivity contribution in [2.24, 2.45) is 5.92 Å². The van der Waals surface area contributed by atoms with E-state index in [0.29, 0.717) is 37.1 Å². The number of Topliss-reactive ketones (excluding diaryl/α,β-unsaturated/α-hetero) is 1. The lowest BCUT2D eigenvalue weighted by Crippen LogP contribution is -2.40. The third kappa shape index (κ3) is 5.13. The second kappa shape index (κ2) is 8.17. The smallest absolute Gasteiger partial charge is 0.339 e. The summed E-state index contributed by atoms with van der Waals surface area (Å²) >= 11 is -0.204. The summed E-state index contributed by atoms with van der Waals surface area (Å²) in [5.41, 5.74) is -3.31. The number of halogens is 3. The molecule has 2 aromatic rings. The summed E-state index contributed by atoms with van der Waals surface area (Å²) < 4.78 is 37.1. The molecule has 1 heterocycles. The molecule has 1 aliphatic rings. The minimum atomic E-state index is -4.35. The summed E-state index contributed by atoms with van der Waals surface area (Å²) in [6, 6.07) is 14.5. The number of ketones is 1. The molecular weight excluding hydrogens is 375 g/mol. The standard InChI is InChI=1S/C20H18F3NO2S/c21-20(22,23)27-17-8-6-16(7-9-17)19(26)24-12-10-15(11-13-24)18(25)14-4-2-1-3-5-14/h1-9,15H,10-13H2. The SMILES string of the molecule is O=C(c1ccccc1)C1CCN(C(=O)c2ccc(SC(F)(F)F)cc2)CC1. The average Bonchev–Trinajstić information content (AvgIpc) is 2.67. The maximum atomic E-state index is 12.6. The first-order chi connectivity index (χ1) is 12.8. The number of likely N-dealkylation sites (tertiary alicyclic amines) is 1. The normalized spacial score (nSPS) is 15.6. The molecule has 0 bridgehead atoms. The maximum absolute atomic E-state index is 12.6. The zero-order chi connectivity index (χ0) is 19.4. The van der Waals surface area contributed by atoms with E-state index in [1.54, 1.807) is 17.0 Å². The largest absolute Gasteiger partial charge is 0.446 e. The van der Waals surface area contributed by atoms with Crippen LogP contribution in [0.4, 0.5) is 13.2 Å². The molecule has 0 saturated carbocycles. The highest BCUT2D eigenvalue weighted by Gasteiger charge is 2.30. The molecule has 1 fully saturated rings. The predicted octanol–water partition coefficient (Wildman–Crippen LogP) is 5.03. The van der Waals surface area contributed by atoms with E-state index in [1.165, 1.54) is 24.3 Å². The number of hydrogen-bond donors (Lipinski definition) is 0. The Labute approximate surface area is 159 Å². The van der Waals surface area contributed by atoms with Gasteiger partial charge in [-0.15, -0.1) is 0 Å². The quantitative estimate of drug-likeness (QED) is 0.540. The molecule has 7 heteroatoms. The van der Waals surface area contributed by atoms with E-state index < -0.39 is 5.51 Å². The van der Waals surface area contributed by atoms with Crippen molar-refractivity contribution in [3.63, 3.8) is 0 Å². The minimum absolute atomic E-state index is 0.0474. The van der Waals surface area contributed by atoms with Crippen LogP contribution in [-0.4, -0.2) is 35.2 Å². The van der Waals surface area contributed by atoms with Gasteiger partial charge in [0.15, 0.2) is 5.78 Å². The Kier molecular flexibility index (Phi) is 5.89. The van der Waals surface area contributed by atoms with E-state index in [-0.39, 0.29) is 34.3 Å². The fourth-order valence-corrected chi connectivity index (χ4v) is 3.70. The van der Waals surface area contributed by atoms with Gasteiger partial charge in [-0.3, -0.25) is 9.59 Å². The van der Waals surface area contributed by atoms with Gasteiger partial charge in [0, 0.05) is 35.0 Å². The van der Waals surface area contributed by atoms with Crippen LogP contribution in [0, 0.1) is 5.92 Å². The number of benzene rings is 2. The molecule has 142 valence electrons. The summed E-state index contributed by atoms with van der Waals surface area (Å²) in [5.74, 6) is -0.234. The van der Waals surface area contributed by atoms with Crippen molar-refractivity contribution < 1.29 is 22.8 Å². The lowest BCUT2D eigenvalue weighted by atomic mass is 9.88. The number of piperidine rings is 1. The number of alkyl halides is 3. The van der Waals surface area contributed by atoms with Gasteiger partial charge in [-0.2, -0.15) is 13.2 Å². The van der Waals surface area contributed by atoms with Crippen molar-refractivity contribution in [2.75, 3.05) is 13.1 Å². The van der Waals surface area contributed by atoms with E-state index in [1.807, 2.05) is 18.2 Å². The van der Waals surface area contributed by atoms with Gasteiger partial charge in [-0.1, -0.05) is 30.3 Å². The number of carbonyl (C=O) groups excluding carboxylic acids is 2. The van der Waals surface area contributed by atoms with Gasteiger partial charge in [0.05, 0.1) is 0 Å². The van der Waals surface area contributed by atoms with E-state index in [9.17, 15) is 22.8 Å². The fraction of sp³-hybridized carbons (Fsp3) is 0.300. The molecule has 1 aliphatic heterocycles. The molecular formula is C20H18F3NO2S. The molecule has 3 rings (SSSR count). The molecule has 1 saturated heterocycles. The third-order valence-electron chi connectivity index (χ3n) is 4.55. The van der Waals surface area contributed by atoms with Crippen molar-refractivity contribution in [1.82, 2.24) is 4.90 Å². The molecule has 0 aliphatic carbocycles. The van der Waals surface area contributed by atoms with Crippen molar-refractivity contribution in [3.05, 3.63) is 65.7 Å². The molecule has 27 heavy (non-hydrogen) atoms. The Morgan fingerprint density at radius 2 is 1.48 bits per heavy atom. The molecule has 0 spiro atoms. The van der Waals surface area contributed by atoms with E-state index >= 15 is 0 Å². The highest BCUT2D eigenvalue weighted by atomic mass is 32.2. The van der Waals surface area contributed by atoms with Crippen LogP contribution in [0.5, 0.6) is 0 Å². The molecule has 0 radical (unpaired) electrons. The van der Waals surface area contributed by atoms with Crippen molar-refractivity contribution in [1.29, 1.82) is 0 Å².